The van der Waals surface area contributed by atoms with Crippen LogP contribution in [0.4, 0.5) is 5.13 Å². The van der Waals surface area contributed by atoms with Crippen LogP contribution >= 0.6 is 11.3 Å². The molecule has 0 atom stereocenters. The molecular formula is C20H22N2O3S. The van der Waals surface area contributed by atoms with E-state index in [9.17, 15) is 4.79 Å². The number of fused-ring (bicyclic) bond motifs is 1. The Labute approximate surface area is 157 Å². The predicted octanol–water partition coefficient (Wildman–Crippen LogP) is 5.13. The zero-order valence-corrected chi connectivity index (χ0v) is 15.8. The van der Waals surface area contributed by atoms with Gasteiger partial charge in [0.05, 0.1) is 17.9 Å². The lowest BCUT2D eigenvalue weighted by atomic mass is 10.2. The van der Waals surface area contributed by atoms with Crippen LogP contribution in [-0.2, 0) is 0 Å². The number of hydrogen-bond donors (Lipinski definition) is 1. The normalized spacial score (nSPS) is 10.7. The molecule has 0 aliphatic rings. The Bertz CT molecular complexity index is 874. The van der Waals surface area contributed by atoms with Crippen LogP contribution in [0, 0.1) is 0 Å². The maximum atomic E-state index is 12.5. The van der Waals surface area contributed by atoms with Crippen molar-refractivity contribution in [3.8, 4) is 11.5 Å². The Morgan fingerprint density at radius 2 is 1.92 bits per heavy atom. The fraction of sp³-hybridized carbons (Fsp3) is 0.300. The van der Waals surface area contributed by atoms with Crippen molar-refractivity contribution in [3.05, 3.63) is 48.0 Å². The van der Waals surface area contributed by atoms with Crippen LogP contribution in [0.5, 0.6) is 11.5 Å². The zero-order valence-electron chi connectivity index (χ0n) is 15.0. The Morgan fingerprint density at radius 3 is 2.65 bits per heavy atom. The Balaban J connectivity index is 1.69. The summed E-state index contributed by atoms with van der Waals surface area (Å²) in [6.07, 6.45) is 2.11. The van der Waals surface area contributed by atoms with Crippen molar-refractivity contribution in [1.82, 2.24) is 4.98 Å². The number of aromatic nitrogens is 1. The number of carbonyl (C=O) groups excluding carboxylic acids is 1. The van der Waals surface area contributed by atoms with Crippen LogP contribution in [0.25, 0.3) is 10.2 Å². The van der Waals surface area contributed by atoms with E-state index in [0.29, 0.717) is 23.9 Å². The van der Waals surface area contributed by atoms with Gasteiger partial charge < -0.3 is 9.47 Å². The van der Waals surface area contributed by atoms with Crippen LogP contribution in [-0.4, -0.2) is 24.1 Å². The van der Waals surface area contributed by atoms with E-state index in [0.717, 1.165) is 34.6 Å². The monoisotopic (exact) mass is 370 g/mol. The SMILES string of the molecule is CCCCOc1ccc(C(=O)Nc2nc3c(OCC)cccc3s2)cc1. The van der Waals surface area contributed by atoms with Gasteiger partial charge in [0.2, 0.25) is 0 Å². The highest BCUT2D eigenvalue weighted by Crippen LogP contribution is 2.32. The lowest BCUT2D eigenvalue weighted by Crippen LogP contribution is -2.11. The maximum absolute atomic E-state index is 12.5. The standard InChI is InChI=1S/C20H22N2O3S/c1-3-5-13-25-15-11-9-14(10-12-15)19(23)22-20-21-18-16(24-4-2)7-6-8-17(18)26-20/h6-12H,3-5,13H2,1-2H3,(H,21,22,23). The number of amides is 1. The molecule has 5 nitrogen and oxygen atoms in total. The van der Waals surface area contributed by atoms with Crippen molar-refractivity contribution >= 4 is 32.6 Å². The van der Waals surface area contributed by atoms with Gasteiger partial charge in [-0.2, -0.15) is 0 Å². The Hall–Kier alpha value is -2.60. The van der Waals surface area contributed by atoms with E-state index in [1.54, 1.807) is 12.1 Å². The van der Waals surface area contributed by atoms with Crippen molar-refractivity contribution in [3.63, 3.8) is 0 Å². The molecule has 0 fully saturated rings. The summed E-state index contributed by atoms with van der Waals surface area (Å²) in [6.45, 7) is 5.32. The number of anilines is 1. The third kappa shape index (κ3) is 4.32. The quantitative estimate of drug-likeness (QED) is 0.559. The van der Waals surface area contributed by atoms with E-state index in [1.165, 1.54) is 11.3 Å². The molecule has 6 heteroatoms. The van der Waals surface area contributed by atoms with E-state index in [1.807, 2.05) is 37.3 Å². The molecule has 1 heterocycles. The van der Waals surface area contributed by atoms with Gasteiger partial charge in [0.25, 0.3) is 5.91 Å². The van der Waals surface area contributed by atoms with Crippen molar-refractivity contribution in [2.45, 2.75) is 26.7 Å². The van der Waals surface area contributed by atoms with Gasteiger partial charge in [0, 0.05) is 5.56 Å². The second kappa shape index (κ2) is 8.67. The van der Waals surface area contributed by atoms with Crippen LogP contribution in [0.3, 0.4) is 0 Å². The van der Waals surface area contributed by atoms with E-state index in [2.05, 4.69) is 17.2 Å². The number of unbranched alkanes of at least 4 members (excludes halogenated alkanes) is 1. The Morgan fingerprint density at radius 1 is 1.12 bits per heavy atom. The van der Waals surface area contributed by atoms with Crippen LogP contribution < -0.4 is 14.8 Å². The number of thiazole rings is 1. The summed E-state index contributed by atoms with van der Waals surface area (Å²) in [4.78, 5) is 17.0. The van der Waals surface area contributed by atoms with E-state index < -0.39 is 0 Å². The van der Waals surface area contributed by atoms with Gasteiger partial charge in [0.15, 0.2) is 5.13 Å². The molecule has 0 bridgehead atoms. The van der Waals surface area contributed by atoms with E-state index in [4.69, 9.17) is 9.47 Å². The summed E-state index contributed by atoms with van der Waals surface area (Å²) in [7, 11) is 0. The third-order valence-corrected chi connectivity index (χ3v) is 4.72. The average Bonchev–Trinajstić information content (AvgIpc) is 3.06. The molecule has 0 saturated heterocycles. The second-order valence-corrected chi connectivity index (χ2v) is 6.77. The number of rotatable bonds is 8. The van der Waals surface area contributed by atoms with Crippen molar-refractivity contribution in [2.75, 3.05) is 18.5 Å². The van der Waals surface area contributed by atoms with Crippen molar-refractivity contribution in [1.29, 1.82) is 0 Å². The highest BCUT2D eigenvalue weighted by atomic mass is 32.1. The summed E-state index contributed by atoms with van der Waals surface area (Å²) in [5.41, 5.74) is 1.34. The highest BCUT2D eigenvalue weighted by molar-refractivity contribution is 7.22. The van der Waals surface area contributed by atoms with Gasteiger partial charge in [0.1, 0.15) is 17.0 Å². The molecule has 0 aliphatic carbocycles. The molecule has 2 aromatic carbocycles. The summed E-state index contributed by atoms with van der Waals surface area (Å²) < 4.78 is 12.2. The number of para-hydroxylation sites is 1. The molecule has 26 heavy (non-hydrogen) atoms. The Kier molecular flexibility index (Phi) is 6.07. The number of hydrogen-bond acceptors (Lipinski definition) is 5. The summed E-state index contributed by atoms with van der Waals surface area (Å²) in [5.74, 6) is 1.31. The molecule has 0 aliphatic heterocycles. The van der Waals surface area contributed by atoms with Gasteiger partial charge in [-0.15, -0.1) is 0 Å². The summed E-state index contributed by atoms with van der Waals surface area (Å²) in [5, 5.41) is 3.42. The van der Waals surface area contributed by atoms with Gasteiger partial charge in [-0.3, -0.25) is 10.1 Å². The van der Waals surface area contributed by atoms with Gasteiger partial charge >= 0.3 is 0 Å². The zero-order chi connectivity index (χ0) is 18.4. The van der Waals surface area contributed by atoms with E-state index >= 15 is 0 Å². The molecule has 3 aromatic rings. The predicted molar refractivity (Wildman–Crippen MR) is 106 cm³/mol. The number of benzene rings is 2. The van der Waals surface area contributed by atoms with Crippen molar-refractivity contribution < 1.29 is 14.3 Å². The van der Waals surface area contributed by atoms with Gasteiger partial charge in [-0.1, -0.05) is 30.7 Å². The largest absolute Gasteiger partial charge is 0.494 e. The summed E-state index contributed by atoms with van der Waals surface area (Å²) in [6, 6.07) is 12.9. The molecule has 136 valence electrons. The topological polar surface area (TPSA) is 60.5 Å². The fourth-order valence-corrected chi connectivity index (χ4v) is 3.33. The lowest BCUT2D eigenvalue weighted by molar-refractivity contribution is 0.102. The minimum atomic E-state index is -0.192. The third-order valence-electron chi connectivity index (χ3n) is 3.79. The smallest absolute Gasteiger partial charge is 0.257 e. The van der Waals surface area contributed by atoms with Crippen LogP contribution in [0.15, 0.2) is 42.5 Å². The molecular weight excluding hydrogens is 348 g/mol. The minimum absolute atomic E-state index is 0.192. The lowest BCUT2D eigenvalue weighted by Gasteiger charge is -2.06. The number of nitrogens with one attached hydrogen (secondary N) is 1. The molecule has 1 N–H and O–H groups in total. The molecule has 0 spiro atoms. The van der Waals surface area contributed by atoms with Crippen LogP contribution in [0.1, 0.15) is 37.0 Å². The number of ether oxygens (including phenoxy) is 2. The number of nitrogens with zero attached hydrogens (tertiary/aromatic N) is 1. The molecule has 0 unspecified atom stereocenters. The molecule has 0 saturated carbocycles. The first kappa shape index (κ1) is 18.2. The molecule has 1 aromatic heterocycles. The van der Waals surface area contributed by atoms with Gasteiger partial charge in [-0.05, 0) is 49.7 Å². The second-order valence-electron chi connectivity index (χ2n) is 5.74. The van der Waals surface area contributed by atoms with Crippen LogP contribution in [0.2, 0.25) is 0 Å². The fourth-order valence-electron chi connectivity index (χ4n) is 2.45. The first-order chi connectivity index (χ1) is 12.7. The summed E-state index contributed by atoms with van der Waals surface area (Å²) >= 11 is 1.43. The highest BCUT2D eigenvalue weighted by Gasteiger charge is 2.12. The first-order valence-electron chi connectivity index (χ1n) is 8.77. The van der Waals surface area contributed by atoms with E-state index in [-0.39, 0.29) is 5.91 Å². The average molecular weight is 370 g/mol. The molecule has 3 rings (SSSR count). The molecule has 1 amide bonds. The number of carbonyl (C=O) groups is 1. The van der Waals surface area contributed by atoms with Crippen molar-refractivity contribution in [2.24, 2.45) is 0 Å². The minimum Gasteiger partial charge on any atom is -0.494 e. The maximum Gasteiger partial charge on any atom is 0.257 e. The molecule has 0 radical (unpaired) electrons. The first-order valence-corrected chi connectivity index (χ1v) is 9.59. The van der Waals surface area contributed by atoms with Gasteiger partial charge in [-0.25, -0.2) is 4.98 Å².